The van der Waals surface area contributed by atoms with Crippen LogP contribution in [-0.2, 0) is 0 Å². The van der Waals surface area contributed by atoms with Crippen LogP contribution < -0.4 is 37.2 Å². The van der Waals surface area contributed by atoms with Gasteiger partial charge >= 0.3 is 0 Å². The second-order valence-corrected chi connectivity index (χ2v) is 20.6. The van der Waals surface area contributed by atoms with E-state index in [-0.39, 0.29) is 37.2 Å². The molecule has 4 nitrogen and oxygen atoms in total. The van der Waals surface area contributed by atoms with Gasteiger partial charge in [0.15, 0.2) is 0 Å². The van der Waals surface area contributed by atoms with Crippen molar-refractivity contribution in [2.75, 3.05) is 100 Å². The van der Waals surface area contributed by atoms with Crippen LogP contribution in [0.5, 0.6) is 0 Å². The number of hydrogen-bond acceptors (Lipinski definition) is 1. The number of rotatable bonds is 15. The van der Waals surface area contributed by atoms with E-state index in [1.165, 1.54) is 156 Å². The molecule has 5 aliphatic heterocycles. The highest BCUT2D eigenvalue weighted by Crippen LogP contribution is 2.44. The molecule has 0 N–H and O–H groups in total. The summed E-state index contributed by atoms with van der Waals surface area (Å²) in [6, 6.07) is 0. The van der Waals surface area contributed by atoms with Crippen molar-refractivity contribution in [2.45, 2.75) is 126 Å². The van der Waals surface area contributed by atoms with Crippen LogP contribution in [0.15, 0.2) is 0 Å². The van der Waals surface area contributed by atoms with Crippen molar-refractivity contribution in [3.63, 3.8) is 0 Å². The Bertz CT molecular complexity index is 964. The van der Waals surface area contributed by atoms with Gasteiger partial charge in [0.25, 0.3) is 0 Å². The van der Waals surface area contributed by atoms with E-state index in [9.17, 15) is 0 Å². The largest absolute Gasteiger partial charge is 1.00 e. The third-order valence-electron chi connectivity index (χ3n) is 16.0. The van der Waals surface area contributed by atoms with Gasteiger partial charge in [0.2, 0.25) is 0 Å². The van der Waals surface area contributed by atoms with Gasteiger partial charge in [-0.05, 0) is 75.5 Å². The van der Waals surface area contributed by atoms with Crippen LogP contribution in [0.4, 0.5) is 0 Å². The fourth-order valence-electron chi connectivity index (χ4n) is 13.0. The maximum absolute atomic E-state index is 2.78. The van der Waals surface area contributed by atoms with E-state index in [1.54, 1.807) is 0 Å². The summed E-state index contributed by atoms with van der Waals surface area (Å²) in [4.78, 5) is 2.78. The maximum atomic E-state index is 2.78. The van der Waals surface area contributed by atoms with E-state index in [0.29, 0.717) is 0 Å². The van der Waals surface area contributed by atoms with Crippen molar-refractivity contribution in [1.82, 2.24) is 4.90 Å². The summed E-state index contributed by atoms with van der Waals surface area (Å²) in [5.41, 5.74) is 0. The molecule has 312 valence electrons. The summed E-state index contributed by atoms with van der Waals surface area (Å²) in [7, 11) is 9.77. The van der Waals surface area contributed by atoms with Crippen molar-refractivity contribution < 1.29 is 50.7 Å². The lowest BCUT2D eigenvalue weighted by molar-refractivity contribution is -0.910. The number of nitrogens with zero attached hydrogens (tertiary/aromatic N) is 4. The summed E-state index contributed by atoms with van der Waals surface area (Å²) in [6.07, 6.45) is 15.7. The summed E-state index contributed by atoms with van der Waals surface area (Å²) < 4.78 is 4.02. The molecule has 5 heterocycles. The Morgan fingerprint density at radius 2 is 0.712 bits per heavy atom. The number of hydrogen-bond donors (Lipinski definition) is 0. The zero-order chi connectivity index (χ0) is 36.0. The third kappa shape index (κ3) is 13.4. The minimum Gasteiger partial charge on any atom is -1.00 e. The molecule has 0 aromatic carbocycles. The smallest absolute Gasteiger partial charge is 0.0820 e. The molecule has 0 amide bonds. The van der Waals surface area contributed by atoms with Gasteiger partial charge < -0.3 is 55.6 Å². The van der Waals surface area contributed by atoms with Crippen LogP contribution in [0.3, 0.4) is 0 Å². The molecule has 0 aliphatic carbocycles. The molecular weight excluding hydrogens is 703 g/mol. The zero-order valence-corrected chi connectivity index (χ0v) is 39.1. The second kappa shape index (κ2) is 22.6. The summed E-state index contributed by atoms with van der Waals surface area (Å²) in [5, 5.41) is 0. The first-order chi connectivity index (χ1) is 23.2. The Balaban J connectivity index is 0.000000495. The first kappa shape index (κ1) is 50.7. The highest BCUT2D eigenvalue weighted by atomic mass is 35.5. The number of quaternary nitrogens is 3. The molecule has 1 spiro atoms. The summed E-state index contributed by atoms with van der Waals surface area (Å²) in [5.74, 6) is 10.8. The second-order valence-electron chi connectivity index (χ2n) is 20.6. The zero-order valence-electron chi connectivity index (χ0n) is 36.8. The average Bonchev–Trinajstić information content (AvgIpc) is 3.87. The van der Waals surface area contributed by atoms with E-state index >= 15 is 0 Å². The quantitative estimate of drug-likeness (QED) is 0.220. The molecule has 0 radical (unpaired) electrons. The Kier molecular flexibility index (Phi) is 22.0. The Hall–Kier alpha value is 0.710. The highest BCUT2D eigenvalue weighted by Gasteiger charge is 2.51. The topological polar surface area (TPSA) is 3.24 Å². The molecule has 11 atom stereocenters. The normalized spacial score (nSPS) is 38.3. The average molecular weight is 795 g/mol. The lowest BCUT2D eigenvalue weighted by Gasteiger charge is -2.30. The number of halogens is 3. The van der Waals surface area contributed by atoms with Crippen molar-refractivity contribution in [3.8, 4) is 0 Å². The lowest BCUT2D eigenvalue weighted by atomic mass is 9.83. The van der Waals surface area contributed by atoms with E-state index in [0.717, 1.165) is 65.1 Å². The minimum absolute atomic E-state index is 0. The molecule has 5 fully saturated rings. The van der Waals surface area contributed by atoms with Crippen LogP contribution >= 0.6 is 0 Å². The fraction of sp³-hybridized carbons (Fsp3) is 1.00. The maximum Gasteiger partial charge on any atom is 0.0820 e. The third-order valence-corrected chi connectivity index (χ3v) is 16.0. The van der Waals surface area contributed by atoms with Crippen molar-refractivity contribution in [3.05, 3.63) is 0 Å². The molecular formula is C45H91Cl3N4. The molecule has 11 unspecified atom stereocenters. The van der Waals surface area contributed by atoms with Crippen molar-refractivity contribution >= 4 is 0 Å². The van der Waals surface area contributed by atoms with Gasteiger partial charge in [0.1, 0.15) is 0 Å². The standard InChI is InChI=1S/C24H48N2.C21H43N2.3ClH/c1-7-19-13-25(5,6)14-23(19)11-12-24-18-26(17-22(24)10-4)15-20(8-2)21(9-3)16-26;1-7-17(4)12-22-13-18(8-2)20(14-22)10-11-21-16-23(5,6)15-19(21)9-3;;;/h19-24H,7-18H2,1-6H3;17-21H,7-16H2,1-6H3;3*1H/q+2;+1;;;/p-3. The first-order valence-electron chi connectivity index (χ1n) is 22.4. The molecule has 5 aliphatic rings. The fourth-order valence-corrected chi connectivity index (χ4v) is 13.0. The molecule has 0 saturated carbocycles. The molecule has 0 aromatic heterocycles. The predicted molar refractivity (Wildman–Crippen MR) is 214 cm³/mol. The van der Waals surface area contributed by atoms with Gasteiger partial charge in [-0.25, -0.2) is 0 Å². The van der Waals surface area contributed by atoms with Crippen molar-refractivity contribution in [1.29, 1.82) is 0 Å². The van der Waals surface area contributed by atoms with Gasteiger partial charge in [-0.15, -0.1) is 0 Å². The van der Waals surface area contributed by atoms with Crippen LogP contribution in [0.1, 0.15) is 126 Å². The van der Waals surface area contributed by atoms with Gasteiger partial charge in [-0.1, -0.05) is 68.2 Å². The molecule has 0 aromatic rings. The van der Waals surface area contributed by atoms with E-state index in [1.807, 2.05) is 0 Å². The minimum atomic E-state index is 0. The van der Waals surface area contributed by atoms with Crippen LogP contribution in [0.25, 0.3) is 0 Å². The molecule has 5 rings (SSSR count). The van der Waals surface area contributed by atoms with Gasteiger partial charge in [0, 0.05) is 67.0 Å². The lowest BCUT2D eigenvalue weighted by Crippen LogP contribution is -3.00. The van der Waals surface area contributed by atoms with Crippen LogP contribution in [0.2, 0.25) is 0 Å². The van der Waals surface area contributed by atoms with Gasteiger partial charge in [0.05, 0.1) is 80.5 Å². The Labute approximate surface area is 345 Å². The number of likely N-dealkylation sites (tertiary alicyclic amines) is 3. The summed E-state index contributed by atoms with van der Waals surface area (Å²) in [6.45, 7) is 35.1. The first-order valence-corrected chi connectivity index (χ1v) is 22.4. The molecule has 52 heavy (non-hydrogen) atoms. The van der Waals surface area contributed by atoms with Crippen LogP contribution in [-0.4, -0.2) is 119 Å². The molecule has 5 saturated heterocycles. The van der Waals surface area contributed by atoms with Gasteiger partial charge in [-0.2, -0.15) is 0 Å². The monoisotopic (exact) mass is 793 g/mol. The van der Waals surface area contributed by atoms with Crippen LogP contribution in [0, 0.1) is 65.1 Å². The van der Waals surface area contributed by atoms with Gasteiger partial charge in [-0.3, -0.25) is 0 Å². The Morgan fingerprint density at radius 1 is 0.423 bits per heavy atom. The molecule has 7 heteroatoms. The SMILES string of the molecule is CCC(C)CN1CC(CC)C(CCC2C[N+](C)(C)CC2CC)C1.CCC1C[N+](C)(C)CC1CCC1C[N+]2(CC(CC)C(CC)C2)CC1CC.[Cl-].[Cl-].[Cl-]. The van der Waals surface area contributed by atoms with E-state index in [4.69, 9.17) is 0 Å². The van der Waals surface area contributed by atoms with Crippen molar-refractivity contribution in [2.24, 2.45) is 65.1 Å². The summed E-state index contributed by atoms with van der Waals surface area (Å²) >= 11 is 0. The Morgan fingerprint density at radius 3 is 1.10 bits per heavy atom. The molecule has 0 bridgehead atoms. The van der Waals surface area contributed by atoms with E-state index < -0.39 is 0 Å². The highest BCUT2D eigenvalue weighted by molar-refractivity contribution is 4.87. The van der Waals surface area contributed by atoms with E-state index in [2.05, 4.69) is 88.5 Å². The predicted octanol–water partition coefficient (Wildman–Crippen LogP) is 0.553.